The maximum Gasteiger partial charge on any atom is 0.129 e. The van der Waals surface area contributed by atoms with Crippen LogP contribution >= 0.6 is 0 Å². The molecule has 2 fully saturated rings. The minimum atomic E-state index is 0.788. The molecule has 3 aliphatic heterocycles. The smallest absolute Gasteiger partial charge is 0.129 e. The average Bonchev–Trinajstić information content (AvgIpc) is 2.63. The number of aromatic nitrogens is 1. The first-order valence-corrected chi connectivity index (χ1v) is 9.56. The van der Waals surface area contributed by atoms with Crippen LogP contribution in [-0.2, 0) is 12.8 Å². The highest BCUT2D eigenvalue weighted by Crippen LogP contribution is 2.26. The summed E-state index contributed by atoms with van der Waals surface area (Å²) in [7, 11) is 0. The van der Waals surface area contributed by atoms with Gasteiger partial charge in [0, 0.05) is 24.8 Å². The molecular weight excluding hydrogens is 284 g/mol. The van der Waals surface area contributed by atoms with Crippen LogP contribution in [0.15, 0.2) is 12.1 Å². The fraction of sp³-hybridized carbons (Fsp3) is 0.737. The molecular formula is C19H30N4. The standard InChI is InChI=1S/C19H30N4/c1-3-16-5-6-17(22-19(16)21-10-1)13-15-7-11-23(12-8-15)18-4-2-9-20-14-18/h5-6,15,18,20H,1-4,7-14H2,(H,21,22). The largest absolute Gasteiger partial charge is 0.370 e. The van der Waals surface area contributed by atoms with E-state index in [9.17, 15) is 0 Å². The van der Waals surface area contributed by atoms with Crippen molar-refractivity contribution in [3.05, 3.63) is 23.4 Å². The second-order valence-electron chi connectivity index (χ2n) is 7.52. The summed E-state index contributed by atoms with van der Waals surface area (Å²) in [6, 6.07) is 5.35. The highest BCUT2D eigenvalue weighted by Gasteiger charge is 2.26. The zero-order chi connectivity index (χ0) is 15.5. The van der Waals surface area contributed by atoms with E-state index in [0.29, 0.717) is 0 Å². The maximum atomic E-state index is 4.88. The minimum absolute atomic E-state index is 0.788. The van der Waals surface area contributed by atoms with Crippen molar-refractivity contribution in [3.8, 4) is 0 Å². The molecule has 2 saturated heterocycles. The summed E-state index contributed by atoms with van der Waals surface area (Å²) >= 11 is 0. The summed E-state index contributed by atoms with van der Waals surface area (Å²) in [5, 5.41) is 7.02. The van der Waals surface area contributed by atoms with Crippen molar-refractivity contribution in [2.75, 3.05) is 38.0 Å². The number of piperidine rings is 2. The van der Waals surface area contributed by atoms with Crippen LogP contribution in [0.25, 0.3) is 0 Å². The van der Waals surface area contributed by atoms with Crippen LogP contribution in [0.2, 0.25) is 0 Å². The van der Waals surface area contributed by atoms with Crippen LogP contribution in [0.3, 0.4) is 0 Å². The van der Waals surface area contributed by atoms with Crippen molar-refractivity contribution in [2.24, 2.45) is 5.92 Å². The fourth-order valence-corrected chi connectivity index (χ4v) is 4.45. The summed E-state index contributed by atoms with van der Waals surface area (Å²) in [5.74, 6) is 1.97. The predicted octanol–water partition coefficient (Wildman–Crippen LogP) is 2.45. The Balaban J connectivity index is 1.30. The van der Waals surface area contributed by atoms with Gasteiger partial charge in [-0.05, 0) is 82.1 Å². The van der Waals surface area contributed by atoms with Crippen molar-refractivity contribution in [3.63, 3.8) is 0 Å². The van der Waals surface area contributed by atoms with Crippen molar-refractivity contribution in [1.29, 1.82) is 0 Å². The second-order valence-corrected chi connectivity index (χ2v) is 7.52. The predicted molar refractivity (Wildman–Crippen MR) is 94.9 cm³/mol. The Labute approximate surface area is 140 Å². The van der Waals surface area contributed by atoms with Gasteiger partial charge in [0.25, 0.3) is 0 Å². The normalized spacial score (nSPS) is 26.5. The third kappa shape index (κ3) is 3.69. The van der Waals surface area contributed by atoms with Gasteiger partial charge >= 0.3 is 0 Å². The van der Waals surface area contributed by atoms with Crippen LogP contribution in [0.4, 0.5) is 5.82 Å². The second kappa shape index (κ2) is 7.18. The van der Waals surface area contributed by atoms with E-state index in [2.05, 4.69) is 27.7 Å². The number of fused-ring (bicyclic) bond motifs is 1. The van der Waals surface area contributed by atoms with E-state index < -0.39 is 0 Å². The Morgan fingerprint density at radius 3 is 2.83 bits per heavy atom. The van der Waals surface area contributed by atoms with Crippen LogP contribution in [0.5, 0.6) is 0 Å². The van der Waals surface area contributed by atoms with Gasteiger partial charge in [-0.3, -0.25) is 4.90 Å². The van der Waals surface area contributed by atoms with Crippen LogP contribution < -0.4 is 10.6 Å². The fourth-order valence-electron chi connectivity index (χ4n) is 4.45. The number of likely N-dealkylation sites (tertiary alicyclic amines) is 1. The first-order chi connectivity index (χ1) is 11.4. The maximum absolute atomic E-state index is 4.88. The number of anilines is 1. The molecule has 2 N–H and O–H groups in total. The monoisotopic (exact) mass is 314 g/mol. The molecule has 1 unspecified atom stereocenters. The number of hydrogen-bond acceptors (Lipinski definition) is 4. The SMILES string of the molecule is c1cc2c(nc1CC1CCN(C3CCCNC3)CC1)NCCC2. The Morgan fingerprint density at radius 2 is 2.00 bits per heavy atom. The molecule has 1 aromatic heterocycles. The van der Waals surface area contributed by atoms with E-state index in [4.69, 9.17) is 4.98 Å². The quantitative estimate of drug-likeness (QED) is 0.899. The van der Waals surface area contributed by atoms with Gasteiger partial charge in [0.05, 0.1) is 0 Å². The highest BCUT2D eigenvalue weighted by atomic mass is 15.2. The lowest BCUT2D eigenvalue weighted by molar-refractivity contribution is 0.114. The van der Waals surface area contributed by atoms with Crippen LogP contribution in [0.1, 0.15) is 43.4 Å². The molecule has 0 spiro atoms. The molecule has 0 aromatic carbocycles. The van der Waals surface area contributed by atoms with E-state index in [1.165, 1.54) is 76.0 Å². The van der Waals surface area contributed by atoms with E-state index in [1.54, 1.807) is 0 Å². The molecule has 0 aliphatic carbocycles. The zero-order valence-corrected chi connectivity index (χ0v) is 14.2. The lowest BCUT2D eigenvalue weighted by atomic mass is 9.90. The third-order valence-corrected chi connectivity index (χ3v) is 5.89. The summed E-state index contributed by atoms with van der Waals surface area (Å²) in [6.07, 6.45) is 8.98. The molecule has 23 heavy (non-hydrogen) atoms. The van der Waals surface area contributed by atoms with Crippen molar-refractivity contribution in [2.45, 2.75) is 51.0 Å². The third-order valence-electron chi connectivity index (χ3n) is 5.89. The molecule has 4 heterocycles. The van der Waals surface area contributed by atoms with Crippen LogP contribution in [-0.4, -0.2) is 48.6 Å². The van der Waals surface area contributed by atoms with Crippen LogP contribution in [0, 0.1) is 5.92 Å². The van der Waals surface area contributed by atoms with E-state index in [1.807, 2.05) is 0 Å². The van der Waals surface area contributed by atoms with Gasteiger partial charge < -0.3 is 10.6 Å². The number of hydrogen-bond donors (Lipinski definition) is 2. The molecule has 0 amide bonds. The Morgan fingerprint density at radius 1 is 1.09 bits per heavy atom. The van der Waals surface area contributed by atoms with Crippen molar-refractivity contribution < 1.29 is 0 Å². The molecule has 4 nitrogen and oxygen atoms in total. The van der Waals surface area contributed by atoms with Gasteiger partial charge in [0.2, 0.25) is 0 Å². The summed E-state index contributed by atoms with van der Waals surface area (Å²) in [6.45, 7) is 6.05. The molecule has 4 heteroatoms. The van der Waals surface area contributed by atoms with Gasteiger partial charge in [-0.15, -0.1) is 0 Å². The molecule has 1 aromatic rings. The highest BCUT2D eigenvalue weighted by molar-refractivity contribution is 5.47. The first kappa shape index (κ1) is 15.4. The number of aryl methyl sites for hydroxylation is 1. The Kier molecular flexibility index (Phi) is 4.81. The van der Waals surface area contributed by atoms with Crippen molar-refractivity contribution >= 4 is 5.82 Å². The van der Waals surface area contributed by atoms with Gasteiger partial charge in [0.15, 0.2) is 0 Å². The molecule has 0 saturated carbocycles. The van der Waals surface area contributed by atoms with E-state index >= 15 is 0 Å². The number of rotatable bonds is 3. The molecule has 3 aliphatic rings. The zero-order valence-electron chi connectivity index (χ0n) is 14.2. The minimum Gasteiger partial charge on any atom is -0.370 e. The van der Waals surface area contributed by atoms with Gasteiger partial charge in [-0.1, -0.05) is 6.07 Å². The first-order valence-electron chi connectivity index (χ1n) is 9.56. The Hall–Kier alpha value is -1.13. The summed E-state index contributed by atoms with van der Waals surface area (Å²) in [5.41, 5.74) is 2.69. The topological polar surface area (TPSA) is 40.2 Å². The average molecular weight is 314 g/mol. The molecule has 4 rings (SSSR count). The molecule has 126 valence electrons. The number of nitrogens with one attached hydrogen (secondary N) is 2. The summed E-state index contributed by atoms with van der Waals surface area (Å²) < 4.78 is 0. The van der Waals surface area contributed by atoms with Crippen molar-refractivity contribution in [1.82, 2.24) is 15.2 Å². The lowest BCUT2D eigenvalue weighted by Crippen LogP contribution is -2.49. The van der Waals surface area contributed by atoms with E-state index in [0.717, 1.165) is 30.7 Å². The molecule has 1 atom stereocenters. The molecule has 0 radical (unpaired) electrons. The number of pyridine rings is 1. The van der Waals surface area contributed by atoms with Gasteiger partial charge in [-0.2, -0.15) is 0 Å². The van der Waals surface area contributed by atoms with Gasteiger partial charge in [0.1, 0.15) is 5.82 Å². The molecule has 0 bridgehead atoms. The lowest BCUT2D eigenvalue weighted by Gasteiger charge is -2.39. The van der Waals surface area contributed by atoms with Gasteiger partial charge in [-0.25, -0.2) is 4.98 Å². The number of nitrogens with zero attached hydrogens (tertiary/aromatic N) is 2. The Bertz CT molecular complexity index is 516. The van der Waals surface area contributed by atoms with E-state index in [-0.39, 0.29) is 0 Å². The summed E-state index contributed by atoms with van der Waals surface area (Å²) in [4.78, 5) is 7.61.